The zero-order valence-electron chi connectivity index (χ0n) is 9.56. The summed E-state index contributed by atoms with van der Waals surface area (Å²) in [7, 11) is 0. The van der Waals surface area contributed by atoms with Gasteiger partial charge < -0.3 is 11.5 Å². The van der Waals surface area contributed by atoms with Gasteiger partial charge in [0, 0.05) is 21.3 Å². The van der Waals surface area contributed by atoms with Crippen molar-refractivity contribution in [3.63, 3.8) is 0 Å². The summed E-state index contributed by atoms with van der Waals surface area (Å²) in [5, 5.41) is 1.08. The molecule has 0 radical (unpaired) electrons. The fourth-order valence-electron chi connectivity index (χ4n) is 1.43. The van der Waals surface area contributed by atoms with Crippen LogP contribution in [0.5, 0.6) is 0 Å². The van der Waals surface area contributed by atoms with Gasteiger partial charge in [0.15, 0.2) is 0 Å². The molecule has 1 aromatic heterocycles. The van der Waals surface area contributed by atoms with Gasteiger partial charge in [-0.25, -0.2) is 4.98 Å². The SMILES string of the molecule is NC(=O)c1cc(N)cc(Cl)c1Sc1ccc(Br)cn1. The maximum Gasteiger partial charge on any atom is 0.249 e. The molecular weight excluding hydrogens is 350 g/mol. The van der Waals surface area contributed by atoms with Gasteiger partial charge in [-0.05, 0) is 40.2 Å². The van der Waals surface area contributed by atoms with Crippen LogP contribution in [0.1, 0.15) is 10.4 Å². The van der Waals surface area contributed by atoms with Crippen molar-refractivity contribution in [3.8, 4) is 0 Å². The maximum atomic E-state index is 11.4. The first-order valence-electron chi connectivity index (χ1n) is 5.15. The van der Waals surface area contributed by atoms with E-state index in [2.05, 4.69) is 20.9 Å². The summed E-state index contributed by atoms with van der Waals surface area (Å²) in [5.41, 5.74) is 11.7. The summed E-state index contributed by atoms with van der Waals surface area (Å²) in [6.45, 7) is 0. The summed E-state index contributed by atoms with van der Waals surface area (Å²) in [6.07, 6.45) is 1.66. The zero-order chi connectivity index (χ0) is 14.0. The third kappa shape index (κ3) is 3.40. The topological polar surface area (TPSA) is 82.0 Å². The van der Waals surface area contributed by atoms with Crippen LogP contribution in [0, 0.1) is 0 Å². The third-order valence-corrected chi connectivity index (χ3v) is 4.21. The highest BCUT2D eigenvalue weighted by molar-refractivity contribution is 9.10. The van der Waals surface area contributed by atoms with Crippen LogP contribution in [-0.2, 0) is 0 Å². The lowest BCUT2D eigenvalue weighted by Gasteiger charge is -2.09. The number of pyridine rings is 1. The Labute approximate surface area is 127 Å². The molecule has 1 heterocycles. The van der Waals surface area contributed by atoms with Crippen LogP contribution >= 0.6 is 39.3 Å². The lowest BCUT2D eigenvalue weighted by atomic mass is 10.2. The highest BCUT2D eigenvalue weighted by Gasteiger charge is 2.15. The normalized spacial score (nSPS) is 10.4. The predicted molar refractivity (Wildman–Crippen MR) is 80.4 cm³/mol. The Kier molecular flexibility index (Phi) is 4.34. The van der Waals surface area contributed by atoms with Gasteiger partial charge in [0.1, 0.15) is 5.03 Å². The lowest BCUT2D eigenvalue weighted by molar-refractivity contribution is 0.0997. The van der Waals surface area contributed by atoms with E-state index in [4.69, 9.17) is 23.1 Å². The molecule has 1 aromatic carbocycles. The number of nitrogens with two attached hydrogens (primary N) is 2. The lowest BCUT2D eigenvalue weighted by Crippen LogP contribution is -2.13. The highest BCUT2D eigenvalue weighted by atomic mass is 79.9. The summed E-state index contributed by atoms with van der Waals surface area (Å²) in [6, 6.07) is 6.75. The average molecular weight is 359 g/mol. The monoisotopic (exact) mass is 357 g/mol. The van der Waals surface area contributed by atoms with Gasteiger partial charge in [0.2, 0.25) is 5.91 Å². The predicted octanol–water partition coefficient (Wildman–Crippen LogP) is 3.33. The number of rotatable bonds is 3. The van der Waals surface area contributed by atoms with Gasteiger partial charge in [0.05, 0.1) is 10.6 Å². The van der Waals surface area contributed by atoms with Crippen LogP contribution < -0.4 is 11.5 Å². The first kappa shape index (κ1) is 14.2. The fraction of sp³-hybridized carbons (Fsp3) is 0. The van der Waals surface area contributed by atoms with Gasteiger partial charge in [-0.2, -0.15) is 0 Å². The van der Waals surface area contributed by atoms with Gasteiger partial charge >= 0.3 is 0 Å². The molecule has 98 valence electrons. The first-order chi connectivity index (χ1) is 8.97. The number of hydrogen-bond acceptors (Lipinski definition) is 4. The van der Waals surface area contributed by atoms with Crippen molar-refractivity contribution < 1.29 is 4.79 Å². The van der Waals surface area contributed by atoms with Crippen LogP contribution in [0.15, 0.2) is 44.9 Å². The number of halogens is 2. The summed E-state index contributed by atoms with van der Waals surface area (Å²) >= 11 is 10.7. The summed E-state index contributed by atoms with van der Waals surface area (Å²) < 4.78 is 0.871. The number of aromatic nitrogens is 1. The van der Waals surface area contributed by atoms with E-state index in [1.165, 1.54) is 17.8 Å². The van der Waals surface area contributed by atoms with E-state index in [0.29, 0.717) is 26.2 Å². The Bertz CT molecular complexity index is 634. The van der Waals surface area contributed by atoms with Crippen LogP contribution in [-0.4, -0.2) is 10.9 Å². The molecule has 0 spiro atoms. The van der Waals surface area contributed by atoms with Crippen molar-refractivity contribution in [1.82, 2.24) is 4.98 Å². The molecule has 0 aliphatic carbocycles. The molecule has 0 fully saturated rings. The zero-order valence-corrected chi connectivity index (χ0v) is 12.7. The Morgan fingerprint density at radius 2 is 2.11 bits per heavy atom. The fourth-order valence-corrected chi connectivity index (χ4v) is 2.88. The standard InChI is InChI=1S/C12H9BrClN3OS/c13-6-1-2-10(17-5-6)19-11-8(12(16)18)3-7(15)4-9(11)14/h1-5H,15H2,(H2,16,18). The number of anilines is 1. The molecule has 0 saturated heterocycles. The quantitative estimate of drug-likeness (QED) is 0.825. The van der Waals surface area contributed by atoms with E-state index in [-0.39, 0.29) is 0 Å². The molecule has 2 rings (SSSR count). The van der Waals surface area contributed by atoms with Crippen LogP contribution in [0.25, 0.3) is 0 Å². The number of carbonyl (C=O) groups is 1. The van der Waals surface area contributed by atoms with Gasteiger partial charge in [-0.15, -0.1) is 0 Å². The van der Waals surface area contributed by atoms with Gasteiger partial charge in [-0.3, -0.25) is 4.79 Å². The Balaban J connectivity index is 2.44. The Morgan fingerprint density at radius 3 is 2.68 bits per heavy atom. The molecule has 0 aliphatic heterocycles. The number of hydrogen-bond donors (Lipinski definition) is 2. The number of carbonyl (C=O) groups excluding carboxylic acids is 1. The van der Waals surface area contributed by atoms with Crippen molar-refractivity contribution in [2.75, 3.05) is 5.73 Å². The molecule has 0 atom stereocenters. The number of nitrogens with zero attached hydrogens (tertiary/aromatic N) is 1. The molecule has 0 bridgehead atoms. The van der Waals surface area contributed by atoms with Crippen molar-refractivity contribution in [2.45, 2.75) is 9.92 Å². The third-order valence-electron chi connectivity index (χ3n) is 2.24. The van der Waals surface area contributed by atoms with Gasteiger partial charge in [0.25, 0.3) is 0 Å². The van der Waals surface area contributed by atoms with Crippen molar-refractivity contribution in [3.05, 3.63) is 45.5 Å². The number of nitrogen functional groups attached to an aromatic ring is 1. The van der Waals surface area contributed by atoms with Gasteiger partial charge in [-0.1, -0.05) is 23.4 Å². The minimum atomic E-state index is -0.575. The van der Waals surface area contributed by atoms with E-state index in [0.717, 1.165) is 4.47 Å². The number of primary amides is 1. The van der Waals surface area contributed by atoms with E-state index in [9.17, 15) is 4.79 Å². The van der Waals surface area contributed by atoms with Crippen molar-refractivity contribution >= 4 is 50.9 Å². The summed E-state index contributed by atoms with van der Waals surface area (Å²) in [5.74, 6) is -0.575. The van der Waals surface area contributed by atoms with Crippen LogP contribution in [0.3, 0.4) is 0 Å². The minimum absolute atomic E-state index is 0.291. The smallest absolute Gasteiger partial charge is 0.249 e. The molecule has 4 nitrogen and oxygen atoms in total. The van der Waals surface area contributed by atoms with Crippen LogP contribution in [0.2, 0.25) is 5.02 Å². The van der Waals surface area contributed by atoms with E-state index < -0.39 is 5.91 Å². The Hall–Kier alpha value is -1.24. The molecule has 2 aromatic rings. The maximum absolute atomic E-state index is 11.4. The van der Waals surface area contributed by atoms with E-state index in [1.54, 1.807) is 12.3 Å². The molecule has 7 heteroatoms. The van der Waals surface area contributed by atoms with E-state index >= 15 is 0 Å². The Morgan fingerprint density at radius 1 is 1.37 bits per heavy atom. The second-order valence-corrected chi connectivity index (χ2v) is 6.01. The van der Waals surface area contributed by atoms with Crippen LogP contribution in [0.4, 0.5) is 5.69 Å². The largest absolute Gasteiger partial charge is 0.399 e. The minimum Gasteiger partial charge on any atom is -0.399 e. The van der Waals surface area contributed by atoms with Crippen molar-refractivity contribution in [2.24, 2.45) is 5.73 Å². The molecule has 0 unspecified atom stereocenters. The highest BCUT2D eigenvalue weighted by Crippen LogP contribution is 2.36. The number of amides is 1. The second-order valence-electron chi connectivity index (χ2n) is 3.66. The summed E-state index contributed by atoms with van der Waals surface area (Å²) in [4.78, 5) is 16.2. The average Bonchev–Trinajstić information content (AvgIpc) is 2.34. The van der Waals surface area contributed by atoms with Crippen molar-refractivity contribution in [1.29, 1.82) is 0 Å². The first-order valence-corrected chi connectivity index (χ1v) is 7.14. The molecule has 4 N–H and O–H groups in total. The molecular formula is C12H9BrClN3OS. The molecule has 0 aliphatic rings. The molecule has 19 heavy (non-hydrogen) atoms. The molecule has 1 amide bonds. The second kappa shape index (κ2) is 5.81. The number of benzene rings is 1. The van der Waals surface area contributed by atoms with E-state index in [1.807, 2.05) is 12.1 Å². The molecule has 0 saturated carbocycles.